The van der Waals surface area contributed by atoms with Crippen molar-refractivity contribution in [2.24, 2.45) is 11.8 Å². The first-order chi connectivity index (χ1) is 8.99. The summed E-state index contributed by atoms with van der Waals surface area (Å²) < 4.78 is 0. The third kappa shape index (κ3) is 3.26. The van der Waals surface area contributed by atoms with Crippen LogP contribution in [0.1, 0.15) is 39.5 Å². The van der Waals surface area contributed by atoms with Crippen LogP contribution in [0.15, 0.2) is 0 Å². The van der Waals surface area contributed by atoms with Gasteiger partial charge in [0.2, 0.25) is 5.91 Å². The van der Waals surface area contributed by atoms with Crippen molar-refractivity contribution >= 4 is 11.9 Å². The van der Waals surface area contributed by atoms with Crippen LogP contribution >= 0.6 is 0 Å². The maximum atomic E-state index is 11.9. The van der Waals surface area contributed by atoms with Gasteiger partial charge in [0, 0.05) is 19.1 Å². The van der Waals surface area contributed by atoms with Crippen molar-refractivity contribution in [3.05, 3.63) is 0 Å². The highest BCUT2D eigenvalue weighted by atomic mass is 16.4. The molecule has 2 fully saturated rings. The summed E-state index contributed by atoms with van der Waals surface area (Å²) in [5.41, 5.74) is 0. The van der Waals surface area contributed by atoms with Crippen LogP contribution in [0.4, 0.5) is 0 Å². The fourth-order valence-electron chi connectivity index (χ4n) is 3.37. The van der Waals surface area contributed by atoms with Crippen LogP contribution in [0.3, 0.4) is 0 Å². The second-order valence-electron chi connectivity index (χ2n) is 6.06. The average molecular weight is 268 g/mol. The lowest BCUT2D eigenvalue weighted by Gasteiger charge is -2.44. The molecule has 19 heavy (non-hydrogen) atoms. The molecule has 5 heteroatoms. The topological polar surface area (TPSA) is 69.6 Å². The number of hydrogen-bond donors (Lipinski definition) is 2. The van der Waals surface area contributed by atoms with E-state index in [0.717, 1.165) is 25.3 Å². The first-order valence-corrected chi connectivity index (χ1v) is 7.24. The molecule has 5 nitrogen and oxygen atoms in total. The molecule has 1 heterocycles. The van der Waals surface area contributed by atoms with Crippen molar-refractivity contribution in [3.63, 3.8) is 0 Å². The number of rotatable bonds is 3. The standard InChI is InChI=1S/C14H24N2O3/c1-9-3-4-11(7-10(9)2)16-6-5-15-14(19)12(16)8-13(17)18/h9-12H,3-8H2,1-2H3,(H,15,19)(H,17,18). The van der Waals surface area contributed by atoms with E-state index in [0.29, 0.717) is 18.5 Å². The Labute approximate surface area is 114 Å². The average Bonchev–Trinajstić information content (AvgIpc) is 2.35. The molecule has 1 aliphatic heterocycles. The van der Waals surface area contributed by atoms with Crippen molar-refractivity contribution in [2.75, 3.05) is 13.1 Å². The molecule has 1 amide bonds. The molecule has 0 aromatic rings. The molecule has 0 spiro atoms. The van der Waals surface area contributed by atoms with Gasteiger partial charge in [-0.15, -0.1) is 0 Å². The number of amides is 1. The zero-order valence-electron chi connectivity index (χ0n) is 11.8. The highest BCUT2D eigenvalue weighted by molar-refractivity contribution is 5.86. The Morgan fingerprint density at radius 2 is 2.11 bits per heavy atom. The smallest absolute Gasteiger partial charge is 0.305 e. The zero-order chi connectivity index (χ0) is 14.0. The van der Waals surface area contributed by atoms with Crippen LogP contribution in [0.5, 0.6) is 0 Å². The Bertz CT molecular complexity index is 359. The predicted molar refractivity (Wildman–Crippen MR) is 71.7 cm³/mol. The molecule has 4 atom stereocenters. The van der Waals surface area contributed by atoms with Crippen LogP contribution in [0, 0.1) is 11.8 Å². The van der Waals surface area contributed by atoms with Gasteiger partial charge in [-0.25, -0.2) is 0 Å². The summed E-state index contributed by atoms with van der Waals surface area (Å²) in [5, 5.41) is 11.8. The third-order valence-corrected chi connectivity index (χ3v) is 4.78. The number of nitrogens with one attached hydrogen (secondary N) is 1. The Balaban J connectivity index is 2.07. The van der Waals surface area contributed by atoms with Crippen LogP contribution in [-0.2, 0) is 9.59 Å². The van der Waals surface area contributed by atoms with Crippen molar-refractivity contribution in [1.29, 1.82) is 0 Å². The first-order valence-electron chi connectivity index (χ1n) is 7.24. The second-order valence-corrected chi connectivity index (χ2v) is 6.06. The van der Waals surface area contributed by atoms with E-state index < -0.39 is 12.0 Å². The van der Waals surface area contributed by atoms with Gasteiger partial charge in [-0.3, -0.25) is 14.5 Å². The maximum Gasteiger partial charge on any atom is 0.305 e. The number of nitrogens with zero attached hydrogens (tertiary/aromatic N) is 1. The van der Waals surface area contributed by atoms with Crippen molar-refractivity contribution in [3.8, 4) is 0 Å². The molecule has 2 N–H and O–H groups in total. The molecule has 0 radical (unpaired) electrons. The van der Waals surface area contributed by atoms with E-state index in [2.05, 4.69) is 24.1 Å². The van der Waals surface area contributed by atoms with E-state index in [1.807, 2.05) is 0 Å². The van der Waals surface area contributed by atoms with Gasteiger partial charge in [0.15, 0.2) is 0 Å². The molecule has 4 unspecified atom stereocenters. The molecule has 1 saturated carbocycles. The number of carbonyl (C=O) groups excluding carboxylic acids is 1. The number of hydrogen-bond acceptors (Lipinski definition) is 3. The summed E-state index contributed by atoms with van der Waals surface area (Å²) in [5.74, 6) is 0.353. The number of carboxylic acids is 1. The van der Waals surface area contributed by atoms with Crippen molar-refractivity contribution in [1.82, 2.24) is 10.2 Å². The fourth-order valence-corrected chi connectivity index (χ4v) is 3.37. The quantitative estimate of drug-likeness (QED) is 0.804. The van der Waals surface area contributed by atoms with E-state index in [9.17, 15) is 9.59 Å². The second kappa shape index (κ2) is 5.90. The van der Waals surface area contributed by atoms with E-state index in [-0.39, 0.29) is 12.3 Å². The number of carboxylic acid groups (broad SMARTS) is 1. The Hall–Kier alpha value is -1.10. The largest absolute Gasteiger partial charge is 0.481 e. The molecule has 2 aliphatic rings. The summed E-state index contributed by atoms with van der Waals surface area (Å²) in [6.07, 6.45) is 3.23. The van der Waals surface area contributed by atoms with Crippen LogP contribution in [0.25, 0.3) is 0 Å². The summed E-state index contributed by atoms with van der Waals surface area (Å²) in [6, 6.07) is -0.126. The first kappa shape index (κ1) is 14.3. The summed E-state index contributed by atoms with van der Waals surface area (Å²) in [6.45, 7) is 5.94. The summed E-state index contributed by atoms with van der Waals surface area (Å²) in [7, 11) is 0. The van der Waals surface area contributed by atoms with Gasteiger partial charge in [0.05, 0.1) is 12.5 Å². The van der Waals surface area contributed by atoms with Gasteiger partial charge < -0.3 is 10.4 Å². The van der Waals surface area contributed by atoms with Crippen molar-refractivity contribution in [2.45, 2.75) is 51.6 Å². The highest BCUT2D eigenvalue weighted by Crippen LogP contribution is 2.33. The van der Waals surface area contributed by atoms with Crippen LogP contribution < -0.4 is 5.32 Å². The van der Waals surface area contributed by atoms with Gasteiger partial charge in [0.1, 0.15) is 0 Å². The Morgan fingerprint density at radius 1 is 1.37 bits per heavy atom. The number of aliphatic carboxylic acids is 1. The van der Waals surface area contributed by atoms with Crippen molar-refractivity contribution < 1.29 is 14.7 Å². The lowest BCUT2D eigenvalue weighted by molar-refractivity contribution is -0.144. The maximum absolute atomic E-state index is 11.9. The van der Waals surface area contributed by atoms with Crippen LogP contribution in [-0.4, -0.2) is 47.1 Å². The van der Waals surface area contributed by atoms with E-state index in [1.54, 1.807) is 0 Å². The van der Waals surface area contributed by atoms with Gasteiger partial charge in [0.25, 0.3) is 0 Å². The fraction of sp³-hybridized carbons (Fsp3) is 0.857. The van der Waals surface area contributed by atoms with E-state index >= 15 is 0 Å². The number of carbonyl (C=O) groups is 2. The Kier molecular flexibility index (Phi) is 4.45. The van der Waals surface area contributed by atoms with Crippen LogP contribution in [0.2, 0.25) is 0 Å². The SMILES string of the molecule is CC1CCC(N2CCNC(=O)C2CC(=O)O)CC1C. The summed E-state index contributed by atoms with van der Waals surface area (Å²) in [4.78, 5) is 25.0. The monoisotopic (exact) mass is 268 g/mol. The number of piperazine rings is 1. The normalized spacial score (nSPS) is 36.8. The molecule has 1 aliphatic carbocycles. The molecule has 0 aromatic heterocycles. The third-order valence-electron chi connectivity index (χ3n) is 4.78. The molecular formula is C14H24N2O3. The van der Waals surface area contributed by atoms with E-state index in [4.69, 9.17) is 5.11 Å². The predicted octanol–water partition coefficient (Wildman–Crippen LogP) is 1.09. The molecule has 2 rings (SSSR count). The van der Waals surface area contributed by atoms with Gasteiger partial charge in [-0.1, -0.05) is 13.8 Å². The minimum absolute atomic E-state index is 0.0910. The Morgan fingerprint density at radius 3 is 2.74 bits per heavy atom. The zero-order valence-corrected chi connectivity index (χ0v) is 11.8. The summed E-state index contributed by atoms with van der Waals surface area (Å²) >= 11 is 0. The lowest BCUT2D eigenvalue weighted by Crippen LogP contribution is -2.59. The minimum atomic E-state index is -0.899. The molecule has 0 aromatic carbocycles. The van der Waals surface area contributed by atoms with E-state index in [1.165, 1.54) is 6.42 Å². The molecule has 108 valence electrons. The van der Waals surface area contributed by atoms with Gasteiger partial charge >= 0.3 is 5.97 Å². The molecule has 0 bridgehead atoms. The van der Waals surface area contributed by atoms with Gasteiger partial charge in [-0.05, 0) is 31.1 Å². The minimum Gasteiger partial charge on any atom is -0.481 e. The molecular weight excluding hydrogens is 244 g/mol. The highest BCUT2D eigenvalue weighted by Gasteiger charge is 2.38. The lowest BCUT2D eigenvalue weighted by atomic mass is 9.78. The van der Waals surface area contributed by atoms with Gasteiger partial charge in [-0.2, -0.15) is 0 Å². The molecule has 1 saturated heterocycles.